The van der Waals surface area contributed by atoms with Gasteiger partial charge >= 0.3 is 5.97 Å². The van der Waals surface area contributed by atoms with Crippen molar-refractivity contribution in [2.24, 2.45) is 0 Å². The molecule has 1 amide bonds. The van der Waals surface area contributed by atoms with Gasteiger partial charge in [-0.3, -0.25) is 4.79 Å². The normalized spacial score (nSPS) is 10.5. The number of carbonyl (C=O) groups excluding carboxylic acids is 1. The van der Waals surface area contributed by atoms with Crippen LogP contribution in [0.4, 0.5) is 10.9 Å². The third kappa shape index (κ3) is 2.84. The van der Waals surface area contributed by atoms with Crippen molar-refractivity contribution in [1.82, 2.24) is 5.16 Å². The van der Waals surface area contributed by atoms with Crippen molar-refractivity contribution in [3.63, 3.8) is 0 Å². The Bertz CT molecular complexity index is 843. The number of rotatable bonds is 5. The molecule has 23 heavy (non-hydrogen) atoms. The number of halogens is 1. The van der Waals surface area contributed by atoms with Gasteiger partial charge in [0, 0.05) is 22.0 Å². The Balaban J connectivity index is 2.14. The summed E-state index contributed by atoms with van der Waals surface area (Å²) in [6, 6.07) is 8.27. The first-order chi connectivity index (χ1) is 11.1. The molecule has 3 aromatic rings. The maximum atomic E-state index is 11.7. The number of hydrogen-bond acceptors (Lipinski definition) is 5. The highest BCUT2D eigenvalue weighted by Gasteiger charge is 2.25. The van der Waals surface area contributed by atoms with Crippen molar-refractivity contribution >= 4 is 46.2 Å². The third-order valence-electron chi connectivity index (χ3n) is 3.13. The van der Waals surface area contributed by atoms with E-state index in [0.29, 0.717) is 22.6 Å². The lowest BCUT2D eigenvalue weighted by atomic mass is 10.0. The fourth-order valence-electron chi connectivity index (χ4n) is 2.11. The molecule has 0 radical (unpaired) electrons. The number of anilines is 2. The second-order valence-corrected chi connectivity index (χ2v) is 5.76. The molecular weight excluding hydrogens is 340 g/mol. The van der Waals surface area contributed by atoms with E-state index in [-0.39, 0.29) is 16.4 Å². The molecule has 1 aromatic carbocycles. The maximum absolute atomic E-state index is 11.7. The lowest BCUT2D eigenvalue weighted by molar-refractivity contribution is -0.107. The van der Waals surface area contributed by atoms with E-state index in [1.807, 2.05) is 0 Å². The first-order valence-electron chi connectivity index (χ1n) is 6.37. The average Bonchev–Trinajstić information content (AvgIpc) is 3.19. The van der Waals surface area contributed by atoms with Crippen LogP contribution in [0, 0.1) is 0 Å². The molecule has 0 bridgehead atoms. The number of carbonyl (C=O) groups is 2. The van der Waals surface area contributed by atoms with Crippen molar-refractivity contribution in [3.05, 3.63) is 52.5 Å². The Morgan fingerprint density at radius 2 is 2.04 bits per heavy atom. The van der Waals surface area contributed by atoms with Gasteiger partial charge in [-0.15, -0.1) is 11.3 Å². The first-order valence-corrected chi connectivity index (χ1v) is 7.63. The van der Waals surface area contributed by atoms with Crippen LogP contribution in [0.25, 0.3) is 11.1 Å². The van der Waals surface area contributed by atoms with Crippen LogP contribution in [0.15, 0.2) is 46.4 Å². The minimum absolute atomic E-state index is 0.0147. The van der Waals surface area contributed by atoms with Gasteiger partial charge in [0.15, 0.2) is 0 Å². The van der Waals surface area contributed by atoms with Crippen LogP contribution in [0.2, 0.25) is 5.02 Å². The molecular formula is C15H9ClN2O4S. The molecule has 0 atom stereocenters. The minimum Gasteiger partial charge on any atom is -0.478 e. The van der Waals surface area contributed by atoms with Crippen molar-refractivity contribution in [3.8, 4) is 11.1 Å². The lowest BCUT2D eigenvalue weighted by Gasteiger charge is -2.12. The largest absolute Gasteiger partial charge is 0.478 e. The number of aromatic carboxylic acids is 1. The molecule has 1 N–H and O–H groups in total. The molecule has 0 fully saturated rings. The molecule has 2 aromatic heterocycles. The monoisotopic (exact) mass is 348 g/mol. The van der Waals surface area contributed by atoms with E-state index in [9.17, 15) is 14.7 Å². The van der Waals surface area contributed by atoms with Gasteiger partial charge in [-0.05, 0) is 17.7 Å². The molecule has 0 spiro atoms. The van der Waals surface area contributed by atoms with E-state index < -0.39 is 5.97 Å². The average molecular weight is 349 g/mol. The second-order valence-electron chi connectivity index (χ2n) is 4.47. The molecule has 6 nitrogen and oxygen atoms in total. The highest BCUT2D eigenvalue weighted by molar-refractivity contribution is 7.15. The minimum atomic E-state index is -1.14. The van der Waals surface area contributed by atoms with Crippen LogP contribution in [0.3, 0.4) is 0 Å². The van der Waals surface area contributed by atoms with Gasteiger partial charge in [0.1, 0.15) is 10.6 Å². The van der Waals surface area contributed by atoms with Gasteiger partial charge in [-0.1, -0.05) is 28.9 Å². The van der Waals surface area contributed by atoms with Crippen LogP contribution in [0.1, 0.15) is 10.4 Å². The van der Waals surface area contributed by atoms with Crippen LogP contribution in [0.5, 0.6) is 0 Å². The summed E-state index contributed by atoms with van der Waals surface area (Å²) in [6.45, 7) is 0. The fourth-order valence-corrected chi connectivity index (χ4v) is 3.28. The number of carboxylic acids is 1. The van der Waals surface area contributed by atoms with Crippen LogP contribution < -0.4 is 4.90 Å². The van der Waals surface area contributed by atoms with Gasteiger partial charge < -0.3 is 9.63 Å². The highest BCUT2D eigenvalue weighted by atomic mass is 35.5. The maximum Gasteiger partial charge on any atom is 0.339 e. The Kier molecular flexibility index (Phi) is 4.14. The van der Waals surface area contributed by atoms with Gasteiger partial charge in [-0.25, -0.2) is 9.69 Å². The molecule has 2 heterocycles. The van der Waals surface area contributed by atoms with E-state index in [0.717, 1.165) is 16.2 Å². The summed E-state index contributed by atoms with van der Waals surface area (Å²) in [5.41, 5.74) is 1.21. The molecule has 116 valence electrons. The first kappa shape index (κ1) is 15.3. The Labute approximate surface area is 139 Å². The number of nitrogens with zero attached hydrogens (tertiary/aromatic N) is 2. The number of aromatic nitrogens is 1. The molecule has 0 aliphatic carbocycles. The van der Waals surface area contributed by atoms with E-state index in [1.54, 1.807) is 29.6 Å². The molecule has 8 heteroatoms. The van der Waals surface area contributed by atoms with Crippen molar-refractivity contribution < 1.29 is 19.2 Å². The molecule has 0 saturated carbocycles. The van der Waals surface area contributed by atoms with Crippen molar-refractivity contribution in [2.45, 2.75) is 0 Å². The smallest absolute Gasteiger partial charge is 0.339 e. The second kappa shape index (κ2) is 6.23. The third-order valence-corrected chi connectivity index (χ3v) is 4.36. The quantitative estimate of drug-likeness (QED) is 0.703. The molecule has 0 saturated heterocycles. The zero-order valence-corrected chi connectivity index (χ0v) is 13.0. The zero-order chi connectivity index (χ0) is 16.4. The number of benzene rings is 1. The summed E-state index contributed by atoms with van der Waals surface area (Å²) in [5, 5.41) is 15.6. The van der Waals surface area contributed by atoms with E-state index in [2.05, 4.69) is 5.16 Å². The van der Waals surface area contributed by atoms with Crippen molar-refractivity contribution in [1.29, 1.82) is 0 Å². The molecule has 0 unspecified atom stereocenters. The number of amides is 1. The summed E-state index contributed by atoms with van der Waals surface area (Å²) in [7, 11) is 0. The predicted octanol–water partition coefficient (Wildman–Crippen LogP) is 4.05. The van der Waals surface area contributed by atoms with Gasteiger partial charge in [0.2, 0.25) is 12.3 Å². The van der Waals surface area contributed by atoms with Crippen LogP contribution in [-0.2, 0) is 4.79 Å². The standard InChI is InChI=1S/C15H9ClN2O4S/c16-10-3-1-9(2-4-10)11-7-23-14(13(11)15(20)21)18(8-19)12-5-6-17-22-12/h1-8H,(H,20,21). The van der Waals surface area contributed by atoms with E-state index in [4.69, 9.17) is 16.1 Å². The van der Waals surface area contributed by atoms with E-state index in [1.165, 1.54) is 12.3 Å². The summed E-state index contributed by atoms with van der Waals surface area (Å²) >= 11 is 6.99. The molecule has 0 aliphatic heterocycles. The van der Waals surface area contributed by atoms with Gasteiger partial charge in [-0.2, -0.15) is 0 Å². The highest BCUT2D eigenvalue weighted by Crippen LogP contribution is 2.40. The van der Waals surface area contributed by atoms with Crippen LogP contribution >= 0.6 is 22.9 Å². The fraction of sp³-hybridized carbons (Fsp3) is 0. The van der Waals surface area contributed by atoms with Gasteiger partial charge in [0.05, 0.1) is 6.20 Å². The zero-order valence-electron chi connectivity index (χ0n) is 11.5. The predicted molar refractivity (Wildman–Crippen MR) is 86.4 cm³/mol. The number of thiophene rings is 1. The summed E-state index contributed by atoms with van der Waals surface area (Å²) in [5.74, 6) is -0.996. The number of hydrogen-bond donors (Lipinski definition) is 1. The Hall–Kier alpha value is -2.64. The Morgan fingerprint density at radius 3 is 2.61 bits per heavy atom. The number of carboxylic acid groups (broad SMARTS) is 1. The summed E-state index contributed by atoms with van der Waals surface area (Å²) in [4.78, 5) is 24.2. The molecule has 3 rings (SSSR count). The summed E-state index contributed by atoms with van der Waals surface area (Å²) in [6.07, 6.45) is 1.87. The topological polar surface area (TPSA) is 83.6 Å². The lowest BCUT2D eigenvalue weighted by Crippen LogP contribution is -2.15. The molecule has 0 aliphatic rings. The van der Waals surface area contributed by atoms with Gasteiger partial charge in [0.25, 0.3) is 0 Å². The Morgan fingerprint density at radius 1 is 1.30 bits per heavy atom. The van der Waals surface area contributed by atoms with Crippen molar-refractivity contribution in [2.75, 3.05) is 4.90 Å². The SMILES string of the molecule is O=CN(c1ccno1)c1scc(-c2ccc(Cl)cc2)c1C(=O)O. The van der Waals surface area contributed by atoms with E-state index >= 15 is 0 Å². The van der Waals surface area contributed by atoms with Crippen LogP contribution in [-0.4, -0.2) is 22.6 Å². The summed E-state index contributed by atoms with van der Waals surface area (Å²) < 4.78 is 4.95.